The molecule has 0 fully saturated rings. The summed E-state index contributed by atoms with van der Waals surface area (Å²) in [6.07, 6.45) is 3.66. The molecule has 0 saturated heterocycles. The molecule has 1 rings (SSSR count). The highest BCUT2D eigenvalue weighted by Gasteiger charge is 2.12. The summed E-state index contributed by atoms with van der Waals surface area (Å²) in [7, 11) is 1.50. The highest BCUT2D eigenvalue weighted by Crippen LogP contribution is 2.36. The topological polar surface area (TPSA) is 86.4 Å². The second kappa shape index (κ2) is 10.1. The van der Waals surface area contributed by atoms with Crippen molar-refractivity contribution in [3.8, 4) is 23.6 Å². The average molecular weight is 348 g/mol. The largest absolute Gasteiger partial charge is 0.493 e. The molecule has 0 saturated carbocycles. The van der Waals surface area contributed by atoms with E-state index < -0.39 is 5.91 Å². The molecule has 0 atom stereocenters. The predicted molar refractivity (Wildman–Crippen MR) is 90.6 cm³/mol. The third-order valence-corrected chi connectivity index (χ3v) is 3.24. The first kappa shape index (κ1) is 19.3. The van der Waals surface area contributed by atoms with Crippen LogP contribution in [0.1, 0.15) is 18.9 Å². The minimum atomic E-state index is -0.431. The molecule has 0 spiro atoms. The van der Waals surface area contributed by atoms with Crippen molar-refractivity contribution in [1.82, 2.24) is 4.90 Å². The highest BCUT2D eigenvalue weighted by atomic mass is 35.5. The molecule has 0 aliphatic heterocycles. The number of hydrogen-bond acceptors (Lipinski definition) is 5. The van der Waals surface area contributed by atoms with Crippen molar-refractivity contribution in [3.63, 3.8) is 0 Å². The quantitative estimate of drug-likeness (QED) is 0.533. The van der Waals surface area contributed by atoms with Crippen LogP contribution in [0.5, 0.6) is 11.5 Å². The molecule has 0 aliphatic carbocycles. The van der Waals surface area contributed by atoms with Crippen LogP contribution in [0.15, 0.2) is 18.2 Å². The SMILES string of the molecule is CCCOc1c(Cl)cc(/C=C/C(=O)N(CC#N)CC#N)cc1OC. The molecular formula is C17H18ClN3O3. The number of nitriles is 2. The van der Waals surface area contributed by atoms with Crippen LogP contribution in [-0.2, 0) is 4.79 Å². The van der Waals surface area contributed by atoms with Crippen molar-refractivity contribution in [2.75, 3.05) is 26.8 Å². The second-order valence-electron chi connectivity index (χ2n) is 4.73. The summed E-state index contributed by atoms with van der Waals surface area (Å²) < 4.78 is 10.8. The molecule has 0 aliphatic rings. The van der Waals surface area contributed by atoms with Crippen LogP contribution in [0.4, 0.5) is 0 Å². The number of carbonyl (C=O) groups is 1. The van der Waals surface area contributed by atoms with Crippen molar-refractivity contribution in [2.24, 2.45) is 0 Å². The van der Waals surface area contributed by atoms with Gasteiger partial charge in [-0.05, 0) is 30.2 Å². The normalized spacial score (nSPS) is 10.0. The minimum Gasteiger partial charge on any atom is -0.493 e. The van der Waals surface area contributed by atoms with Gasteiger partial charge in [0.25, 0.3) is 0 Å². The number of halogens is 1. The van der Waals surface area contributed by atoms with E-state index in [0.717, 1.165) is 11.3 Å². The maximum Gasteiger partial charge on any atom is 0.248 e. The van der Waals surface area contributed by atoms with E-state index in [1.807, 2.05) is 19.1 Å². The van der Waals surface area contributed by atoms with Crippen LogP contribution in [0.2, 0.25) is 5.02 Å². The number of amides is 1. The van der Waals surface area contributed by atoms with Crippen molar-refractivity contribution in [2.45, 2.75) is 13.3 Å². The summed E-state index contributed by atoms with van der Waals surface area (Å²) >= 11 is 6.21. The molecule has 1 amide bonds. The molecule has 24 heavy (non-hydrogen) atoms. The van der Waals surface area contributed by atoms with E-state index in [9.17, 15) is 4.79 Å². The Morgan fingerprint density at radius 3 is 2.54 bits per heavy atom. The summed E-state index contributed by atoms with van der Waals surface area (Å²) in [6, 6.07) is 7.04. The van der Waals surface area contributed by atoms with Crippen molar-refractivity contribution in [3.05, 3.63) is 28.8 Å². The van der Waals surface area contributed by atoms with E-state index in [-0.39, 0.29) is 13.1 Å². The molecule has 0 aromatic heterocycles. The van der Waals surface area contributed by atoms with Gasteiger partial charge in [0.15, 0.2) is 11.5 Å². The third kappa shape index (κ3) is 5.49. The van der Waals surface area contributed by atoms with Gasteiger partial charge in [-0.15, -0.1) is 0 Å². The fourth-order valence-corrected chi connectivity index (χ4v) is 2.11. The van der Waals surface area contributed by atoms with Gasteiger partial charge in [0, 0.05) is 6.08 Å². The summed E-state index contributed by atoms with van der Waals surface area (Å²) in [5.74, 6) is 0.494. The monoisotopic (exact) mass is 347 g/mol. The number of nitrogens with zero attached hydrogens (tertiary/aromatic N) is 3. The molecule has 1 aromatic carbocycles. The molecule has 0 N–H and O–H groups in total. The van der Waals surface area contributed by atoms with Gasteiger partial charge in [0.2, 0.25) is 5.91 Å². The Labute approximate surface area is 146 Å². The smallest absolute Gasteiger partial charge is 0.248 e. The highest BCUT2D eigenvalue weighted by molar-refractivity contribution is 6.32. The Kier molecular flexibility index (Phi) is 8.18. The zero-order valence-electron chi connectivity index (χ0n) is 13.6. The lowest BCUT2D eigenvalue weighted by Crippen LogP contribution is -2.30. The van der Waals surface area contributed by atoms with E-state index in [4.69, 9.17) is 31.6 Å². The zero-order valence-corrected chi connectivity index (χ0v) is 14.3. The van der Waals surface area contributed by atoms with Crippen LogP contribution in [0.3, 0.4) is 0 Å². The fourth-order valence-electron chi connectivity index (χ4n) is 1.84. The van der Waals surface area contributed by atoms with Gasteiger partial charge in [-0.3, -0.25) is 4.79 Å². The maximum absolute atomic E-state index is 12.0. The minimum absolute atomic E-state index is 0.148. The fraction of sp³-hybridized carbons (Fsp3) is 0.353. The van der Waals surface area contributed by atoms with E-state index in [0.29, 0.717) is 28.7 Å². The summed E-state index contributed by atoms with van der Waals surface area (Å²) in [5, 5.41) is 17.7. The van der Waals surface area contributed by atoms with Crippen molar-refractivity contribution < 1.29 is 14.3 Å². The second-order valence-corrected chi connectivity index (χ2v) is 5.13. The molecule has 7 heteroatoms. The molecule has 1 aromatic rings. The average Bonchev–Trinajstić information content (AvgIpc) is 2.58. The van der Waals surface area contributed by atoms with E-state index in [2.05, 4.69) is 0 Å². The number of ether oxygens (including phenoxy) is 2. The van der Waals surface area contributed by atoms with Gasteiger partial charge >= 0.3 is 0 Å². The van der Waals surface area contributed by atoms with Gasteiger partial charge in [0.1, 0.15) is 13.1 Å². The Morgan fingerprint density at radius 1 is 1.33 bits per heavy atom. The summed E-state index contributed by atoms with van der Waals surface area (Å²) in [4.78, 5) is 13.1. The molecular weight excluding hydrogens is 330 g/mol. The number of rotatable bonds is 8. The van der Waals surface area contributed by atoms with Crippen LogP contribution < -0.4 is 9.47 Å². The van der Waals surface area contributed by atoms with Crippen molar-refractivity contribution >= 4 is 23.6 Å². The van der Waals surface area contributed by atoms with Crippen LogP contribution in [0.25, 0.3) is 6.08 Å². The number of hydrogen-bond donors (Lipinski definition) is 0. The molecule has 126 valence electrons. The molecule has 0 unspecified atom stereocenters. The Balaban J connectivity index is 2.99. The van der Waals surface area contributed by atoms with E-state index >= 15 is 0 Å². The lowest BCUT2D eigenvalue weighted by molar-refractivity contribution is -0.124. The molecule has 0 radical (unpaired) electrons. The van der Waals surface area contributed by atoms with Gasteiger partial charge in [0.05, 0.1) is 30.9 Å². The standard InChI is InChI=1S/C17H18ClN3O3/c1-3-10-24-17-14(18)11-13(12-15(17)23-2)4-5-16(22)21(8-6-19)9-7-20/h4-5,11-12H,3,8-10H2,1-2H3/b5-4+. The van der Waals surface area contributed by atoms with Crippen molar-refractivity contribution in [1.29, 1.82) is 10.5 Å². The molecule has 0 heterocycles. The first-order chi connectivity index (χ1) is 11.6. The predicted octanol–water partition coefficient (Wildman–Crippen LogP) is 3.03. The maximum atomic E-state index is 12.0. The zero-order chi connectivity index (χ0) is 17.9. The first-order valence-corrected chi connectivity index (χ1v) is 7.66. The van der Waals surface area contributed by atoms with Gasteiger partial charge in [-0.25, -0.2) is 0 Å². The van der Waals surface area contributed by atoms with Crippen LogP contribution >= 0.6 is 11.6 Å². The third-order valence-electron chi connectivity index (χ3n) is 2.96. The van der Waals surface area contributed by atoms with Crippen LogP contribution in [-0.4, -0.2) is 37.6 Å². The van der Waals surface area contributed by atoms with Gasteiger partial charge in [-0.2, -0.15) is 10.5 Å². The van der Waals surface area contributed by atoms with E-state index in [1.54, 1.807) is 18.2 Å². The van der Waals surface area contributed by atoms with E-state index in [1.165, 1.54) is 13.2 Å². The molecule has 0 bridgehead atoms. The summed E-state index contributed by atoms with van der Waals surface area (Å²) in [5.41, 5.74) is 0.642. The first-order valence-electron chi connectivity index (χ1n) is 7.28. The lowest BCUT2D eigenvalue weighted by Gasteiger charge is -2.14. The summed E-state index contributed by atoms with van der Waals surface area (Å²) in [6.45, 7) is 2.20. The molecule has 6 nitrogen and oxygen atoms in total. The Bertz CT molecular complexity index is 674. The van der Waals surface area contributed by atoms with Crippen LogP contribution in [0, 0.1) is 22.7 Å². The van der Waals surface area contributed by atoms with Gasteiger partial charge in [-0.1, -0.05) is 18.5 Å². The number of carbonyl (C=O) groups excluding carboxylic acids is 1. The lowest BCUT2D eigenvalue weighted by atomic mass is 10.2. The van der Waals surface area contributed by atoms with Gasteiger partial charge < -0.3 is 14.4 Å². The Morgan fingerprint density at radius 2 is 2.00 bits per heavy atom. The Hall–Kier alpha value is -2.70. The number of benzene rings is 1. The number of methoxy groups -OCH3 is 1.